The molecule has 16 heavy (non-hydrogen) atoms. The van der Waals surface area contributed by atoms with Gasteiger partial charge >= 0.3 is 0 Å². The van der Waals surface area contributed by atoms with E-state index >= 15 is 0 Å². The average Bonchev–Trinajstić information content (AvgIpc) is 2.23. The van der Waals surface area contributed by atoms with Gasteiger partial charge in [-0.15, -0.1) is 0 Å². The Morgan fingerprint density at radius 2 is 2.06 bits per heavy atom. The fourth-order valence-corrected chi connectivity index (χ4v) is 2.44. The largest absolute Gasteiger partial charge is 0.378 e. The molecule has 1 aliphatic rings. The first-order chi connectivity index (χ1) is 7.72. The highest BCUT2D eigenvalue weighted by Crippen LogP contribution is 2.38. The summed E-state index contributed by atoms with van der Waals surface area (Å²) in [5.74, 6) is 0.836. The Balaban J connectivity index is 2.20. The van der Waals surface area contributed by atoms with Gasteiger partial charge in [0.25, 0.3) is 0 Å². The van der Waals surface area contributed by atoms with Crippen molar-refractivity contribution in [3.05, 3.63) is 29.8 Å². The van der Waals surface area contributed by atoms with Crippen molar-refractivity contribution in [1.29, 1.82) is 0 Å². The molecule has 1 N–H and O–H groups in total. The van der Waals surface area contributed by atoms with Crippen LogP contribution >= 0.6 is 0 Å². The van der Waals surface area contributed by atoms with Crippen LogP contribution in [0.15, 0.2) is 24.3 Å². The van der Waals surface area contributed by atoms with Crippen molar-refractivity contribution in [2.24, 2.45) is 5.92 Å². The van der Waals surface area contributed by atoms with Gasteiger partial charge in [-0.2, -0.15) is 0 Å². The van der Waals surface area contributed by atoms with Gasteiger partial charge in [0.2, 0.25) is 0 Å². The lowest BCUT2D eigenvalue weighted by atomic mass is 9.77. The molecule has 2 nitrogen and oxygen atoms in total. The second-order valence-corrected chi connectivity index (χ2v) is 4.95. The quantitative estimate of drug-likeness (QED) is 0.836. The summed E-state index contributed by atoms with van der Waals surface area (Å²) in [6.45, 7) is 0. The minimum Gasteiger partial charge on any atom is -0.378 e. The molecule has 1 atom stereocenters. The number of anilines is 1. The van der Waals surface area contributed by atoms with Gasteiger partial charge in [0.1, 0.15) is 0 Å². The first-order valence-electron chi connectivity index (χ1n) is 6.17. The smallest absolute Gasteiger partial charge is 0.0364 e. The monoisotopic (exact) mass is 218 g/mol. The summed E-state index contributed by atoms with van der Waals surface area (Å²) < 4.78 is 0. The highest BCUT2D eigenvalue weighted by Gasteiger charge is 2.27. The van der Waals surface area contributed by atoms with Gasteiger partial charge in [0.15, 0.2) is 0 Å². The summed E-state index contributed by atoms with van der Waals surface area (Å²) in [7, 11) is 6.26. The molecule has 0 heterocycles. The summed E-state index contributed by atoms with van der Waals surface area (Å²) in [6, 6.07) is 9.41. The molecular weight excluding hydrogens is 196 g/mol. The van der Waals surface area contributed by atoms with Crippen molar-refractivity contribution in [3.63, 3.8) is 0 Å². The minimum atomic E-state index is 0.536. The van der Waals surface area contributed by atoms with Crippen LogP contribution in [0.3, 0.4) is 0 Å². The van der Waals surface area contributed by atoms with E-state index in [1.54, 1.807) is 0 Å². The van der Waals surface area contributed by atoms with E-state index in [1.165, 1.54) is 30.5 Å². The van der Waals surface area contributed by atoms with E-state index in [2.05, 4.69) is 55.6 Å². The summed E-state index contributed by atoms with van der Waals surface area (Å²) in [5, 5.41) is 3.47. The molecular formula is C14H22N2. The third-order valence-corrected chi connectivity index (χ3v) is 3.68. The number of nitrogens with zero attached hydrogens (tertiary/aromatic N) is 1. The van der Waals surface area contributed by atoms with E-state index in [-0.39, 0.29) is 0 Å². The van der Waals surface area contributed by atoms with Crippen molar-refractivity contribution in [1.82, 2.24) is 5.32 Å². The van der Waals surface area contributed by atoms with Crippen molar-refractivity contribution < 1.29 is 0 Å². The fourth-order valence-electron chi connectivity index (χ4n) is 2.44. The fraction of sp³-hybridized carbons (Fsp3) is 0.571. The Morgan fingerprint density at radius 3 is 2.56 bits per heavy atom. The van der Waals surface area contributed by atoms with Crippen molar-refractivity contribution in [2.45, 2.75) is 25.3 Å². The van der Waals surface area contributed by atoms with Crippen LogP contribution in [0.1, 0.15) is 30.9 Å². The maximum Gasteiger partial charge on any atom is 0.0364 e. The lowest BCUT2D eigenvalue weighted by Crippen LogP contribution is -2.29. The Labute approximate surface area is 98.7 Å². The van der Waals surface area contributed by atoms with E-state index in [1.807, 2.05) is 0 Å². The molecule has 1 unspecified atom stereocenters. The zero-order valence-electron chi connectivity index (χ0n) is 10.5. The molecule has 88 valence electrons. The van der Waals surface area contributed by atoms with E-state index < -0.39 is 0 Å². The molecule has 0 aliphatic heterocycles. The van der Waals surface area contributed by atoms with Crippen molar-refractivity contribution in [2.75, 3.05) is 26.0 Å². The van der Waals surface area contributed by atoms with Crippen molar-refractivity contribution in [3.8, 4) is 0 Å². The SMILES string of the molecule is CNC(c1cccc(N(C)C)c1)C1CCC1. The van der Waals surface area contributed by atoms with Crippen LogP contribution in [0.2, 0.25) is 0 Å². The highest BCUT2D eigenvalue weighted by molar-refractivity contribution is 5.48. The molecule has 1 aromatic carbocycles. The lowest BCUT2D eigenvalue weighted by Gasteiger charge is -2.34. The number of nitrogens with one attached hydrogen (secondary N) is 1. The standard InChI is InChI=1S/C14H22N2/c1-15-14(11-6-4-7-11)12-8-5-9-13(10-12)16(2)3/h5,8-11,14-15H,4,6-7H2,1-3H3. The van der Waals surface area contributed by atoms with Gasteiger partial charge in [0, 0.05) is 25.8 Å². The third kappa shape index (κ3) is 2.22. The lowest BCUT2D eigenvalue weighted by molar-refractivity contribution is 0.239. The molecule has 1 saturated carbocycles. The van der Waals surface area contributed by atoms with Gasteiger partial charge in [-0.25, -0.2) is 0 Å². The van der Waals surface area contributed by atoms with Gasteiger partial charge in [-0.05, 0) is 43.5 Å². The maximum absolute atomic E-state index is 3.47. The molecule has 1 fully saturated rings. The number of hydrogen-bond donors (Lipinski definition) is 1. The maximum atomic E-state index is 3.47. The Morgan fingerprint density at radius 1 is 1.31 bits per heavy atom. The van der Waals surface area contributed by atoms with E-state index in [0.29, 0.717) is 6.04 Å². The van der Waals surface area contributed by atoms with Crippen LogP contribution in [0.5, 0.6) is 0 Å². The predicted molar refractivity (Wildman–Crippen MR) is 69.9 cm³/mol. The predicted octanol–water partition coefficient (Wildman–Crippen LogP) is 2.81. The Hall–Kier alpha value is -1.02. The van der Waals surface area contributed by atoms with Crippen LogP contribution in [0, 0.1) is 5.92 Å². The summed E-state index contributed by atoms with van der Waals surface area (Å²) in [6.07, 6.45) is 4.14. The number of hydrogen-bond acceptors (Lipinski definition) is 2. The van der Waals surface area contributed by atoms with Crippen LogP contribution in [-0.4, -0.2) is 21.1 Å². The molecule has 0 bridgehead atoms. The van der Waals surface area contributed by atoms with Crippen LogP contribution < -0.4 is 10.2 Å². The molecule has 2 heteroatoms. The van der Waals surface area contributed by atoms with Crippen LogP contribution in [-0.2, 0) is 0 Å². The Kier molecular flexibility index (Phi) is 3.49. The zero-order valence-corrected chi connectivity index (χ0v) is 10.5. The van der Waals surface area contributed by atoms with Crippen molar-refractivity contribution >= 4 is 5.69 Å². The summed E-state index contributed by atoms with van der Waals surface area (Å²) >= 11 is 0. The van der Waals surface area contributed by atoms with E-state index in [0.717, 1.165) is 5.92 Å². The Bertz CT molecular complexity index is 342. The molecule has 2 rings (SSSR count). The van der Waals surface area contributed by atoms with Gasteiger partial charge in [-0.3, -0.25) is 0 Å². The van der Waals surface area contributed by atoms with E-state index in [4.69, 9.17) is 0 Å². The second kappa shape index (κ2) is 4.88. The highest BCUT2D eigenvalue weighted by atomic mass is 15.1. The third-order valence-electron chi connectivity index (χ3n) is 3.68. The molecule has 0 amide bonds. The topological polar surface area (TPSA) is 15.3 Å². The summed E-state index contributed by atoms with van der Waals surface area (Å²) in [5.41, 5.74) is 2.72. The molecule has 0 saturated heterocycles. The number of benzene rings is 1. The zero-order chi connectivity index (χ0) is 11.5. The van der Waals surface area contributed by atoms with Crippen LogP contribution in [0.25, 0.3) is 0 Å². The summed E-state index contributed by atoms with van der Waals surface area (Å²) in [4.78, 5) is 2.16. The van der Waals surface area contributed by atoms with Crippen LogP contribution in [0.4, 0.5) is 5.69 Å². The molecule has 0 spiro atoms. The first-order valence-corrected chi connectivity index (χ1v) is 6.17. The average molecular weight is 218 g/mol. The van der Waals surface area contributed by atoms with Gasteiger partial charge in [-0.1, -0.05) is 18.6 Å². The minimum absolute atomic E-state index is 0.536. The molecule has 1 aromatic rings. The number of rotatable bonds is 4. The normalized spacial score (nSPS) is 17.9. The van der Waals surface area contributed by atoms with E-state index in [9.17, 15) is 0 Å². The molecule has 1 aliphatic carbocycles. The van der Waals surface area contributed by atoms with Gasteiger partial charge in [0.05, 0.1) is 0 Å². The second-order valence-electron chi connectivity index (χ2n) is 4.95. The molecule has 0 aromatic heterocycles. The first kappa shape index (κ1) is 11.5. The van der Waals surface area contributed by atoms with Gasteiger partial charge < -0.3 is 10.2 Å². The molecule has 0 radical (unpaired) electrons.